The molecular formula is C16H18N6O2S. The highest BCUT2D eigenvalue weighted by molar-refractivity contribution is 7.11. The minimum atomic E-state index is -0.153. The first kappa shape index (κ1) is 16.2. The maximum absolute atomic E-state index is 5.98. The average Bonchev–Trinajstić information content (AvgIpc) is 3.23. The second-order valence-corrected chi connectivity index (χ2v) is 7.22. The fraction of sp³-hybridized carbons (Fsp3) is 0.438. The molecule has 1 fully saturated rings. The van der Waals surface area contributed by atoms with Crippen molar-refractivity contribution in [1.82, 2.24) is 30.0 Å². The molecule has 0 bridgehead atoms. The third-order valence-corrected chi connectivity index (χ3v) is 4.91. The van der Waals surface area contributed by atoms with E-state index in [1.807, 2.05) is 13.1 Å². The summed E-state index contributed by atoms with van der Waals surface area (Å²) in [6.45, 7) is 6.93. The topological polar surface area (TPSA) is 90.1 Å². The van der Waals surface area contributed by atoms with Gasteiger partial charge in [-0.3, -0.25) is 4.90 Å². The summed E-state index contributed by atoms with van der Waals surface area (Å²) in [7, 11) is 0. The maximum Gasteiger partial charge on any atom is 0.223 e. The quantitative estimate of drug-likeness (QED) is 0.701. The molecule has 9 heteroatoms. The highest BCUT2D eigenvalue weighted by Gasteiger charge is 2.27. The molecule has 3 aromatic heterocycles. The third-order valence-electron chi connectivity index (χ3n) is 4.02. The van der Waals surface area contributed by atoms with E-state index in [9.17, 15) is 0 Å². The zero-order valence-electron chi connectivity index (χ0n) is 14.0. The number of aryl methyl sites for hydroxylation is 2. The van der Waals surface area contributed by atoms with Crippen molar-refractivity contribution in [3.05, 3.63) is 40.2 Å². The summed E-state index contributed by atoms with van der Waals surface area (Å²) < 4.78 is 11.1. The van der Waals surface area contributed by atoms with Crippen molar-refractivity contribution < 1.29 is 9.26 Å². The van der Waals surface area contributed by atoms with Crippen LogP contribution < -0.4 is 0 Å². The number of hydrogen-bond acceptors (Lipinski definition) is 9. The molecule has 4 rings (SSSR count). The SMILES string of the molecule is Cc1nc(-c2cncnc2[C@@H]2CN(Cc3cnc(C)s3)CCO2)no1. The lowest BCUT2D eigenvalue weighted by molar-refractivity contribution is -0.0344. The van der Waals surface area contributed by atoms with Crippen molar-refractivity contribution in [1.29, 1.82) is 0 Å². The largest absolute Gasteiger partial charge is 0.369 e. The second-order valence-electron chi connectivity index (χ2n) is 5.90. The van der Waals surface area contributed by atoms with Gasteiger partial charge < -0.3 is 9.26 Å². The van der Waals surface area contributed by atoms with Crippen molar-refractivity contribution in [3.63, 3.8) is 0 Å². The Bertz CT molecular complexity index is 864. The molecule has 4 heterocycles. The van der Waals surface area contributed by atoms with Crippen molar-refractivity contribution in [3.8, 4) is 11.4 Å². The lowest BCUT2D eigenvalue weighted by atomic mass is 10.1. The molecule has 3 aromatic rings. The van der Waals surface area contributed by atoms with Gasteiger partial charge in [-0.25, -0.2) is 15.0 Å². The van der Waals surface area contributed by atoms with E-state index in [0.29, 0.717) is 18.3 Å². The van der Waals surface area contributed by atoms with Crippen LogP contribution in [0.1, 0.15) is 27.6 Å². The minimum Gasteiger partial charge on any atom is -0.369 e. The van der Waals surface area contributed by atoms with Gasteiger partial charge in [-0.05, 0) is 6.92 Å². The van der Waals surface area contributed by atoms with Crippen molar-refractivity contribution >= 4 is 11.3 Å². The second kappa shape index (κ2) is 6.95. The Morgan fingerprint density at radius 3 is 2.96 bits per heavy atom. The number of nitrogens with zero attached hydrogens (tertiary/aromatic N) is 6. The van der Waals surface area contributed by atoms with E-state index in [1.54, 1.807) is 24.5 Å². The zero-order chi connectivity index (χ0) is 17.2. The first-order chi connectivity index (χ1) is 12.2. The van der Waals surface area contributed by atoms with Gasteiger partial charge in [0.05, 0.1) is 22.9 Å². The molecule has 0 saturated carbocycles. The number of aromatic nitrogens is 5. The van der Waals surface area contributed by atoms with Crippen LogP contribution in [-0.2, 0) is 11.3 Å². The van der Waals surface area contributed by atoms with Crippen LogP contribution in [0.5, 0.6) is 0 Å². The Morgan fingerprint density at radius 2 is 2.20 bits per heavy atom. The van der Waals surface area contributed by atoms with E-state index in [2.05, 4.69) is 30.0 Å². The van der Waals surface area contributed by atoms with Crippen LogP contribution >= 0.6 is 11.3 Å². The van der Waals surface area contributed by atoms with Crippen molar-refractivity contribution in [2.24, 2.45) is 0 Å². The smallest absolute Gasteiger partial charge is 0.223 e. The molecule has 0 radical (unpaired) electrons. The minimum absolute atomic E-state index is 0.153. The summed E-state index contributed by atoms with van der Waals surface area (Å²) in [6.07, 6.45) is 5.03. The molecule has 1 aliphatic rings. The molecule has 1 aliphatic heterocycles. The Kier molecular flexibility index (Phi) is 4.51. The van der Waals surface area contributed by atoms with E-state index in [-0.39, 0.29) is 6.10 Å². The standard InChI is InChI=1S/C16H18N6O2S/c1-10-20-16(21-24-10)13-6-17-9-19-15(13)14-8-22(3-4-23-14)7-12-5-18-11(2)25-12/h5-6,9,14H,3-4,7-8H2,1-2H3/t14-/m0/s1. The lowest BCUT2D eigenvalue weighted by Gasteiger charge is -2.32. The molecular weight excluding hydrogens is 340 g/mol. The number of morpholine rings is 1. The van der Waals surface area contributed by atoms with Crippen molar-refractivity contribution in [2.45, 2.75) is 26.5 Å². The van der Waals surface area contributed by atoms with Crippen molar-refractivity contribution in [2.75, 3.05) is 19.7 Å². The molecule has 0 unspecified atom stereocenters. The highest BCUT2D eigenvalue weighted by Crippen LogP contribution is 2.29. The molecule has 25 heavy (non-hydrogen) atoms. The Balaban J connectivity index is 1.55. The average molecular weight is 358 g/mol. The molecule has 8 nitrogen and oxygen atoms in total. The molecule has 0 spiro atoms. The molecule has 0 amide bonds. The summed E-state index contributed by atoms with van der Waals surface area (Å²) in [5.74, 6) is 1.00. The van der Waals surface area contributed by atoms with E-state index in [0.717, 1.165) is 35.9 Å². The first-order valence-corrected chi connectivity index (χ1v) is 8.86. The number of ether oxygens (including phenoxy) is 1. The monoisotopic (exact) mass is 358 g/mol. The van der Waals surface area contributed by atoms with Crippen LogP contribution in [0.15, 0.2) is 23.2 Å². The van der Waals surface area contributed by atoms with Gasteiger partial charge in [-0.2, -0.15) is 4.98 Å². The third kappa shape index (κ3) is 3.58. The van der Waals surface area contributed by atoms with E-state index >= 15 is 0 Å². The predicted octanol–water partition coefficient (Wildman–Crippen LogP) is 2.17. The number of rotatable bonds is 4. The van der Waals surface area contributed by atoms with Crippen LogP contribution in [0, 0.1) is 13.8 Å². The van der Waals surface area contributed by atoms with Gasteiger partial charge in [0.2, 0.25) is 11.7 Å². The van der Waals surface area contributed by atoms with Gasteiger partial charge in [0.1, 0.15) is 12.4 Å². The van der Waals surface area contributed by atoms with E-state index in [1.165, 1.54) is 11.2 Å². The molecule has 0 aromatic carbocycles. The predicted molar refractivity (Wildman–Crippen MR) is 90.9 cm³/mol. The van der Waals surface area contributed by atoms with Gasteiger partial charge in [0.25, 0.3) is 0 Å². The fourth-order valence-corrected chi connectivity index (χ4v) is 3.72. The van der Waals surface area contributed by atoms with Gasteiger partial charge in [0.15, 0.2) is 0 Å². The summed E-state index contributed by atoms with van der Waals surface area (Å²) in [6, 6.07) is 0. The van der Waals surface area contributed by atoms with E-state index in [4.69, 9.17) is 9.26 Å². The first-order valence-electron chi connectivity index (χ1n) is 8.05. The summed E-state index contributed by atoms with van der Waals surface area (Å²) in [5.41, 5.74) is 1.54. The normalized spacial score (nSPS) is 18.6. The van der Waals surface area contributed by atoms with Crippen LogP contribution in [0.3, 0.4) is 0 Å². The Hall–Kier alpha value is -2.23. The number of hydrogen-bond donors (Lipinski definition) is 0. The van der Waals surface area contributed by atoms with Crippen LogP contribution in [0.2, 0.25) is 0 Å². The van der Waals surface area contributed by atoms with Crippen LogP contribution in [-0.4, -0.2) is 49.7 Å². The summed E-state index contributed by atoms with van der Waals surface area (Å²) in [5, 5.41) is 5.08. The van der Waals surface area contributed by atoms with Crippen LogP contribution in [0.4, 0.5) is 0 Å². The van der Waals surface area contributed by atoms with Gasteiger partial charge in [0, 0.05) is 43.8 Å². The Morgan fingerprint density at radius 1 is 1.28 bits per heavy atom. The van der Waals surface area contributed by atoms with Gasteiger partial charge >= 0.3 is 0 Å². The van der Waals surface area contributed by atoms with Gasteiger partial charge in [-0.15, -0.1) is 11.3 Å². The lowest BCUT2D eigenvalue weighted by Crippen LogP contribution is -2.38. The van der Waals surface area contributed by atoms with Gasteiger partial charge in [-0.1, -0.05) is 5.16 Å². The maximum atomic E-state index is 5.98. The molecule has 1 saturated heterocycles. The van der Waals surface area contributed by atoms with E-state index < -0.39 is 0 Å². The summed E-state index contributed by atoms with van der Waals surface area (Å²) >= 11 is 1.73. The molecule has 0 aliphatic carbocycles. The van der Waals surface area contributed by atoms with Crippen LogP contribution in [0.25, 0.3) is 11.4 Å². The zero-order valence-corrected chi connectivity index (χ0v) is 14.9. The summed E-state index contributed by atoms with van der Waals surface area (Å²) in [4.78, 5) is 20.8. The molecule has 130 valence electrons. The molecule has 1 atom stereocenters. The Labute approximate surface area is 148 Å². The fourth-order valence-electron chi connectivity index (χ4n) is 2.89. The number of thiazole rings is 1. The molecule has 0 N–H and O–H groups in total. The highest BCUT2D eigenvalue weighted by atomic mass is 32.1.